The number of nitrogens with two attached hydrogens (primary N) is 1. The first-order valence-corrected chi connectivity index (χ1v) is 5.37. The van der Waals surface area contributed by atoms with Crippen LogP contribution in [0.3, 0.4) is 0 Å². The molecule has 4 nitrogen and oxygen atoms in total. The summed E-state index contributed by atoms with van der Waals surface area (Å²) in [6, 6.07) is 4.98. The van der Waals surface area contributed by atoms with Gasteiger partial charge >= 0.3 is 5.97 Å². The second-order valence-corrected chi connectivity index (χ2v) is 3.93. The second-order valence-electron chi connectivity index (χ2n) is 3.08. The van der Waals surface area contributed by atoms with E-state index in [1.54, 1.807) is 18.2 Å². The molecule has 0 heterocycles. The van der Waals surface area contributed by atoms with Gasteiger partial charge in [-0.25, -0.2) is 4.79 Å². The molecule has 1 aromatic rings. The van der Waals surface area contributed by atoms with Crippen LogP contribution >= 0.6 is 15.9 Å². The van der Waals surface area contributed by atoms with Gasteiger partial charge in [0.1, 0.15) is 0 Å². The molecule has 0 aromatic heterocycles. The minimum atomic E-state index is -0.919. The van der Waals surface area contributed by atoms with Crippen molar-refractivity contribution < 1.29 is 9.90 Å². The van der Waals surface area contributed by atoms with Crippen molar-refractivity contribution in [2.24, 2.45) is 5.73 Å². The van der Waals surface area contributed by atoms with Crippen LogP contribution in [0.25, 0.3) is 0 Å². The molecule has 0 bridgehead atoms. The molecular formula is C10H13BrN2O2. The molecule has 0 unspecified atom stereocenters. The van der Waals surface area contributed by atoms with Gasteiger partial charge in [-0.1, -0.05) is 22.0 Å². The summed E-state index contributed by atoms with van der Waals surface area (Å²) in [5.41, 5.74) is 6.65. The maximum atomic E-state index is 10.7. The molecule has 0 amide bonds. The lowest BCUT2D eigenvalue weighted by molar-refractivity contribution is 0.0697. The Morgan fingerprint density at radius 2 is 2.27 bits per heavy atom. The smallest absolute Gasteiger partial charge is 0.335 e. The van der Waals surface area contributed by atoms with Crippen LogP contribution in [-0.4, -0.2) is 24.2 Å². The third-order valence-corrected chi connectivity index (χ3v) is 2.67. The number of hydrogen-bond donors (Lipinski definition) is 3. The van der Waals surface area contributed by atoms with Crippen LogP contribution in [0.2, 0.25) is 0 Å². The Hall–Kier alpha value is -0.910. The van der Waals surface area contributed by atoms with Crippen LogP contribution in [0.4, 0.5) is 0 Å². The summed E-state index contributed by atoms with van der Waals surface area (Å²) in [6.07, 6.45) is 0. The van der Waals surface area contributed by atoms with E-state index in [9.17, 15) is 4.79 Å². The Morgan fingerprint density at radius 3 is 2.80 bits per heavy atom. The van der Waals surface area contributed by atoms with Crippen molar-refractivity contribution in [3.63, 3.8) is 0 Å². The van der Waals surface area contributed by atoms with Crippen LogP contribution in [0, 0.1) is 0 Å². The molecule has 0 spiro atoms. The number of rotatable bonds is 5. The Morgan fingerprint density at radius 1 is 1.53 bits per heavy atom. The molecule has 0 atom stereocenters. The Kier molecular flexibility index (Phi) is 4.74. The third-order valence-electron chi connectivity index (χ3n) is 1.94. The number of carboxylic acids is 1. The van der Waals surface area contributed by atoms with Crippen LogP contribution in [-0.2, 0) is 6.54 Å². The van der Waals surface area contributed by atoms with Gasteiger partial charge in [-0.2, -0.15) is 0 Å². The lowest BCUT2D eigenvalue weighted by Gasteiger charge is -2.06. The van der Waals surface area contributed by atoms with Gasteiger partial charge in [-0.3, -0.25) is 0 Å². The fourth-order valence-electron chi connectivity index (χ4n) is 1.15. The molecule has 1 rings (SSSR count). The quantitative estimate of drug-likeness (QED) is 0.704. The summed E-state index contributed by atoms with van der Waals surface area (Å²) in [6.45, 7) is 2.01. The summed E-state index contributed by atoms with van der Waals surface area (Å²) in [7, 11) is 0. The molecule has 15 heavy (non-hydrogen) atoms. The highest BCUT2D eigenvalue weighted by atomic mass is 79.9. The van der Waals surface area contributed by atoms with E-state index < -0.39 is 5.97 Å². The number of nitrogens with one attached hydrogen (secondary N) is 1. The fraction of sp³-hybridized carbons (Fsp3) is 0.300. The Balaban J connectivity index is 2.70. The van der Waals surface area contributed by atoms with Crippen LogP contribution in [0.1, 0.15) is 15.9 Å². The van der Waals surface area contributed by atoms with Gasteiger partial charge in [0.2, 0.25) is 0 Å². The van der Waals surface area contributed by atoms with E-state index in [2.05, 4.69) is 21.2 Å². The van der Waals surface area contributed by atoms with Crippen molar-refractivity contribution in [1.29, 1.82) is 0 Å². The van der Waals surface area contributed by atoms with Crippen molar-refractivity contribution in [3.8, 4) is 0 Å². The minimum absolute atomic E-state index is 0.282. The molecule has 5 heteroatoms. The van der Waals surface area contributed by atoms with Gasteiger partial charge in [0.05, 0.1) is 5.56 Å². The zero-order valence-corrected chi connectivity index (χ0v) is 9.75. The standard InChI is InChI=1S/C10H13BrN2O2/c11-9-5-7(10(14)15)1-2-8(9)6-13-4-3-12/h1-2,5,13H,3-4,6,12H2,(H,14,15). The Bertz CT molecular complexity index is 355. The van der Waals surface area contributed by atoms with Crippen LogP contribution in [0.15, 0.2) is 22.7 Å². The molecule has 82 valence electrons. The van der Waals surface area contributed by atoms with Crippen molar-refractivity contribution >= 4 is 21.9 Å². The average Bonchev–Trinajstić information content (AvgIpc) is 2.20. The molecule has 0 aliphatic carbocycles. The SMILES string of the molecule is NCCNCc1ccc(C(=O)O)cc1Br. The topological polar surface area (TPSA) is 75.3 Å². The summed E-state index contributed by atoms with van der Waals surface area (Å²) in [4.78, 5) is 10.7. The molecule has 0 saturated heterocycles. The van der Waals surface area contributed by atoms with Crippen molar-refractivity contribution in [2.45, 2.75) is 6.54 Å². The maximum Gasteiger partial charge on any atom is 0.335 e. The average molecular weight is 273 g/mol. The van der Waals surface area contributed by atoms with E-state index in [1.165, 1.54) is 0 Å². The van der Waals surface area contributed by atoms with Crippen molar-refractivity contribution in [2.75, 3.05) is 13.1 Å². The molecule has 1 aromatic carbocycles. The van der Waals surface area contributed by atoms with Crippen LogP contribution in [0.5, 0.6) is 0 Å². The third kappa shape index (κ3) is 3.62. The van der Waals surface area contributed by atoms with Gasteiger partial charge in [0.25, 0.3) is 0 Å². The molecule has 0 radical (unpaired) electrons. The van der Waals surface area contributed by atoms with Crippen molar-refractivity contribution in [3.05, 3.63) is 33.8 Å². The number of carbonyl (C=O) groups is 1. The fourth-order valence-corrected chi connectivity index (χ4v) is 1.67. The number of halogens is 1. The predicted molar refractivity (Wildman–Crippen MR) is 61.9 cm³/mol. The van der Waals surface area contributed by atoms with E-state index in [0.29, 0.717) is 13.1 Å². The first-order valence-electron chi connectivity index (χ1n) is 4.57. The Labute approximate surface area is 96.6 Å². The molecular weight excluding hydrogens is 260 g/mol. The van der Waals surface area contributed by atoms with E-state index in [0.717, 1.165) is 16.6 Å². The zero-order valence-electron chi connectivity index (χ0n) is 8.16. The number of benzene rings is 1. The minimum Gasteiger partial charge on any atom is -0.478 e. The van der Waals surface area contributed by atoms with Gasteiger partial charge < -0.3 is 16.2 Å². The highest BCUT2D eigenvalue weighted by Crippen LogP contribution is 2.18. The predicted octanol–water partition coefficient (Wildman–Crippen LogP) is 1.20. The summed E-state index contributed by atoms with van der Waals surface area (Å²) in [5, 5.41) is 11.9. The van der Waals surface area contributed by atoms with Crippen LogP contribution < -0.4 is 11.1 Å². The van der Waals surface area contributed by atoms with Gasteiger partial charge in [-0.05, 0) is 17.7 Å². The van der Waals surface area contributed by atoms with Gasteiger partial charge in [0, 0.05) is 24.1 Å². The maximum absolute atomic E-state index is 10.7. The monoisotopic (exact) mass is 272 g/mol. The van der Waals surface area contributed by atoms with Crippen molar-refractivity contribution in [1.82, 2.24) is 5.32 Å². The van der Waals surface area contributed by atoms with Gasteiger partial charge in [-0.15, -0.1) is 0 Å². The molecule has 0 aliphatic heterocycles. The molecule has 0 saturated carbocycles. The van der Waals surface area contributed by atoms with E-state index in [4.69, 9.17) is 10.8 Å². The first kappa shape index (κ1) is 12.2. The number of hydrogen-bond acceptors (Lipinski definition) is 3. The summed E-state index contributed by atoms with van der Waals surface area (Å²) in [5.74, 6) is -0.919. The van der Waals surface area contributed by atoms with E-state index in [1.807, 2.05) is 0 Å². The molecule has 0 aliphatic rings. The highest BCUT2D eigenvalue weighted by Gasteiger charge is 2.05. The lowest BCUT2D eigenvalue weighted by Crippen LogP contribution is -2.22. The summed E-state index contributed by atoms with van der Waals surface area (Å²) < 4.78 is 0.798. The molecule has 0 fully saturated rings. The first-order chi connectivity index (χ1) is 7.15. The highest BCUT2D eigenvalue weighted by molar-refractivity contribution is 9.10. The zero-order chi connectivity index (χ0) is 11.3. The van der Waals surface area contributed by atoms with Gasteiger partial charge in [0.15, 0.2) is 0 Å². The number of aromatic carboxylic acids is 1. The van der Waals surface area contributed by atoms with E-state index in [-0.39, 0.29) is 5.56 Å². The van der Waals surface area contributed by atoms with E-state index >= 15 is 0 Å². The lowest BCUT2D eigenvalue weighted by atomic mass is 10.1. The normalized spacial score (nSPS) is 10.3. The largest absolute Gasteiger partial charge is 0.478 e. The number of carboxylic acid groups (broad SMARTS) is 1. The molecule has 4 N–H and O–H groups in total. The summed E-state index contributed by atoms with van der Waals surface area (Å²) >= 11 is 3.33. The second kappa shape index (κ2) is 5.85.